The van der Waals surface area contributed by atoms with Crippen LogP contribution in [0.15, 0.2) is 58.5 Å². The summed E-state index contributed by atoms with van der Waals surface area (Å²) in [7, 11) is 0. The van der Waals surface area contributed by atoms with Crippen LogP contribution in [0, 0.1) is 0 Å². The molecular formula is C24H20N2O11. The summed E-state index contributed by atoms with van der Waals surface area (Å²) in [6.07, 6.45) is -1.48. The summed E-state index contributed by atoms with van der Waals surface area (Å²) in [5.74, 6) is -4.25. The quantitative estimate of drug-likeness (QED) is 0.0894. The molecule has 0 aliphatic carbocycles. The fourth-order valence-corrected chi connectivity index (χ4v) is 2.70. The fraction of sp³-hybridized carbons (Fsp3) is 0.250. The highest BCUT2D eigenvalue weighted by Gasteiger charge is 2.27. The molecule has 192 valence electrons. The predicted molar refractivity (Wildman–Crippen MR) is 122 cm³/mol. The largest absolute Gasteiger partial charge is 0.461 e. The normalized spacial score (nSPS) is 11.7. The molecule has 2 N–H and O–H groups in total. The summed E-state index contributed by atoms with van der Waals surface area (Å²) < 4.78 is 14.6. The standard InChI is InChI=1S/C24H20N2O11/c27-13-25-17-5-1-15(2-6-17)19(29)21(31)23(33)36-11-9-35-10-12-37-24(34)22(32)20(30)16-3-7-18(8-4-16)26-14-28/h1-8,21-22,31-32H,9-12H2. The van der Waals surface area contributed by atoms with Crippen molar-refractivity contribution >= 4 is 47.0 Å². The number of nitrogens with zero attached hydrogens (tertiary/aromatic N) is 2. The van der Waals surface area contributed by atoms with Crippen LogP contribution in [0.1, 0.15) is 20.7 Å². The van der Waals surface area contributed by atoms with Gasteiger partial charge in [0.2, 0.25) is 35.9 Å². The Labute approximate surface area is 209 Å². The van der Waals surface area contributed by atoms with Gasteiger partial charge in [0.1, 0.15) is 13.2 Å². The third-order valence-electron chi connectivity index (χ3n) is 4.54. The Hall–Kier alpha value is -4.64. The SMILES string of the molecule is O=C=Nc1ccc(C(=O)C(O)C(=O)OCCOCCOC(=O)C(O)C(=O)c2ccc(N=C=O)cc2)cc1. The topological polar surface area (TPSA) is 195 Å². The minimum absolute atomic E-state index is 0.00268. The van der Waals surface area contributed by atoms with Crippen molar-refractivity contribution < 1.29 is 53.2 Å². The van der Waals surface area contributed by atoms with E-state index in [-0.39, 0.29) is 48.9 Å². The number of aliphatic hydroxyl groups excluding tert-OH is 2. The van der Waals surface area contributed by atoms with E-state index >= 15 is 0 Å². The number of rotatable bonds is 14. The highest BCUT2D eigenvalue weighted by Crippen LogP contribution is 2.15. The van der Waals surface area contributed by atoms with Crippen LogP contribution in [0.4, 0.5) is 11.4 Å². The van der Waals surface area contributed by atoms with Crippen LogP contribution in [0.5, 0.6) is 0 Å². The highest BCUT2D eigenvalue weighted by molar-refractivity contribution is 6.11. The average molecular weight is 512 g/mol. The first kappa shape index (κ1) is 28.6. The van der Waals surface area contributed by atoms with Gasteiger partial charge in [-0.05, 0) is 48.5 Å². The van der Waals surface area contributed by atoms with E-state index in [1.165, 1.54) is 60.7 Å². The van der Waals surface area contributed by atoms with Crippen LogP contribution < -0.4 is 0 Å². The molecular weight excluding hydrogens is 492 g/mol. The Bertz CT molecular complexity index is 1120. The summed E-state index contributed by atoms with van der Waals surface area (Å²) >= 11 is 0. The smallest absolute Gasteiger partial charge is 0.343 e. The molecule has 0 heterocycles. The van der Waals surface area contributed by atoms with Crippen LogP contribution >= 0.6 is 0 Å². The van der Waals surface area contributed by atoms with E-state index in [9.17, 15) is 39.0 Å². The number of aliphatic imine (C=N–C) groups is 2. The average Bonchev–Trinajstić information content (AvgIpc) is 2.91. The molecule has 0 spiro atoms. The first-order valence-corrected chi connectivity index (χ1v) is 10.5. The lowest BCUT2D eigenvalue weighted by atomic mass is 10.1. The molecule has 13 heteroatoms. The number of esters is 2. The summed E-state index contributed by atoms with van der Waals surface area (Å²) in [5.41, 5.74) is 0.476. The number of ketones is 2. The molecule has 0 saturated heterocycles. The number of hydrogen-bond donors (Lipinski definition) is 2. The number of carbonyl (C=O) groups excluding carboxylic acids is 6. The van der Waals surface area contributed by atoms with Crippen molar-refractivity contribution in [2.75, 3.05) is 26.4 Å². The van der Waals surface area contributed by atoms with Gasteiger partial charge in [0, 0.05) is 11.1 Å². The van der Waals surface area contributed by atoms with Crippen molar-refractivity contribution in [1.29, 1.82) is 0 Å². The second-order valence-corrected chi connectivity index (χ2v) is 6.98. The maximum absolute atomic E-state index is 12.1. The zero-order valence-electron chi connectivity index (χ0n) is 19.1. The number of Topliss-reactive ketones (excluding diaryl/α,β-unsaturated/α-hetero) is 2. The molecule has 2 aromatic rings. The lowest BCUT2D eigenvalue weighted by molar-refractivity contribution is -0.153. The summed E-state index contributed by atoms with van der Waals surface area (Å²) in [4.78, 5) is 75.1. The molecule has 2 rings (SSSR count). The number of carbonyl (C=O) groups is 4. The van der Waals surface area contributed by atoms with Crippen molar-refractivity contribution in [3.8, 4) is 0 Å². The minimum Gasteiger partial charge on any atom is -0.461 e. The van der Waals surface area contributed by atoms with Gasteiger partial charge >= 0.3 is 11.9 Å². The van der Waals surface area contributed by atoms with Gasteiger partial charge in [-0.1, -0.05) is 0 Å². The van der Waals surface area contributed by atoms with E-state index in [1.54, 1.807) is 0 Å². The predicted octanol–water partition coefficient (Wildman–Crippen LogP) is 0.512. The van der Waals surface area contributed by atoms with Crippen molar-refractivity contribution in [3.63, 3.8) is 0 Å². The molecule has 2 atom stereocenters. The summed E-state index contributed by atoms with van der Waals surface area (Å²) in [6.45, 7) is -0.982. The lowest BCUT2D eigenvalue weighted by Gasteiger charge is -2.11. The maximum atomic E-state index is 12.1. The zero-order valence-corrected chi connectivity index (χ0v) is 19.1. The molecule has 37 heavy (non-hydrogen) atoms. The summed E-state index contributed by atoms with van der Waals surface area (Å²) in [6, 6.07) is 10.4. The van der Waals surface area contributed by atoms with Crippen LogP contribution in [0.3, 0.4) is 0 Å². The number of ether oxygens (including phenoxy) is 3. The monoisotopic (exact) mass is 512 g/mol. The fourth-order valence-electron chi connectivity index (χ4n) is 2.70. The molecule has 13 nitrogen and oxygen atoms in total. The Balaban J connectivity index is 1.65. The Morgan fingerprint density at radius 2 is 1.00 bits per heavy atom. The van der Waals surface area contributed by atoms with Gasteiger partial charge in [0.15, 0.2) is 0 Å². The van der Waals surface area contributed by atoms with Crippen LogP contribution in [-0.4, -0.2) is 84.5 Å². The van der Waals surface area contributed by atoms with E-state index in [4.69, 9.17) is 14.2 Å². The molecule has 0 aromatic heterocycles. The Morgan fingerprint density at radius 1 is 0.649 bits per heavy atom. The minimum atomic E-state index is -2.07. The van der Waals surface area contributed by atoms with Gasteiger partial charge in [0.05, 0.1) is 24.6 Å². The maximum Gasteiger partial charge on any atom is 0.343 e. The van der Waals surface area contributed by atoms with Gasteiger partial charge in [-0.25, -0.2) is 19.2 Å². The second-order valence-electron chi connectivity index (χ2n) is 6.98. The zero-order chi connectivity index (χ0) is 27.2. The summed E-state index contributed by atoms with van der Waals surface area (Å²) in [5, 5.41) is 19.7. The van der Waals surface area contributed by atoms with Crippen molar-refractivity contribution in [1.82, 2.24) is 0 Å². The molecule has 0 bridgehead atoms. The van der Waals surface area contributed by atoms with E-state index < -0.39 is 35.7 Å². The third-order valence-corrected chi connectivity index (χ3v) is 4.54. The lowest BCUT2D eigenvalue weighted by Crippen LogP contribution is -2.33. The Kier molecular flexibility index (Phi) is 11.4. The van der Waals surface area contributed by atoms with Gasteiger partial charge in [0.25, 0.3) is 0 Å². The molecule has 2 aromatic carbocycles. The van der Waals surface area contributed by atoms with Crippen LogP contribution in [0.25, 0.3) is 0 Å². The number of aliphatic hydroxyl groups is 2. The van der Waals surface area contributed by atoms with Crippen molar-refractivity contribution in [2.45, 2.75) is 12.2 Å². The second kappa shape index (κ2) is 14.7. The molecule has 0 fully saturated rings. The van der Waals surface area contributed by atoms with Crippen molar-refractivity contribution in [3.05, 3.63) is 59.7 Å². The molecule has 0 aliphatic rings. The first-order chi connectivity index (χ1) is 17.8. The number of isocyanates is 2. The third kappa shape index (κ3) is 8.82. The van der Waals surface area contributed by atoms with Crippen molar-refractivity contribution in [2.24, 2.45) is 9.98 Å². The number of hydrogen-bond acceptors (Lipinski definition) is 13. The number of benzene rings is 2. The van der Waals surface area contributed by atoms with E-state index in [0.717, 1.165) is 0 Å². The first-order valence-electron chi connectivity index (χ1n) is 10.5. The van der Waals surface area contributed by atoms with Gasteiger partial charge in [-0.2, -0.15) is 9.98 Å². The van der Waals surface area contributed by atoms with Gasteiger partial charge in [-0.3, -0.25) is 9.59 Å². The molecule has 0 aliphatic heterocycles. The van der Waals surface area contributed by atoms with Crippen LogP contribution in [-0.2, 0) is 33.4 Å². The van der Waals surface area contributed by atoms with E-state index in [2.05, 4.69) is 9.98 Å². The Morgan fingerprint density at radius 3 is 1.32 bits per heavy atom. The highest BCUT2D eigenvalue weighted by atomic mass is 16.6. The molecule has 2 unspecified atom stereocenters. The van der Waals surface area contributed by atoms with E-state index in [0.29, 0.717) is 0 Å². The molecule has 0 amide bonds. The van der Waals surface area contributed by atoms with Crippen LogP contribution in [0.2, 0.25) is 0 Å². The van der Waals surface area contributed by atoms with Gasteiger partial charge < -0.3 is 24.4 Å². The molecule has 0 saturated carbocycles. The van der Waals surface area contributed by atoms with E-state index in [1.807, 2.05) is 0 Å². The molecule has 0 radical (unpaired) electrons. The van der Waals surface area contributed by atoms with Gasteiger partial charge in [-0.15, -0.1) is 0 Å².